The van der Waals surface area contributed by atoms with Gasteiger partial charge in [-0.2, -0.15) is 0 Å². The van der Waals surface area contributed by atoms with Gasteiger partial charge >= 0.3 is 0 Å². The maximum Gasteiger partial charge on any atom is 0.293 e. The summed E-state index contributed by atoms with van der Waals surface area (Å²) in [5, 5.41) is 16.3. The predicted octanol–water partition coefficient (Wildman–Crippen LogP) is 3.54. The summed E-state index contributed by atoms with van der Waals surface area (Å²) < 4.78 is 0. The molecule has 1 aliphatic rings. The number of nitro groups is 1. The van der Waals surface area contributed by atoms with Crippen molar-refractivity contribution in [1.82, 2.24) is 4.98 Å². The number of benzene rings is 1. The molecule has 2 heterocycles. The Labute approximate surface area is 143 Å². The number of hydrogen-bond donors (Lipinski definition) is 1. The molecular formula is C16H18N4O3S. The zero-order valence-electron chi connectivity index (χ0n) is 13.3. The average molecular weight is 346 g/mol. The van der Waals surface area contributed by atoms with Crippen molar-refractivity contribution >= 4 is 33.8 Å². The Balaban J connectivity index is 1.86. The molecule has 7 nitrogen and oxygen atoms in total. The lowest BCUT2D eigenvalue weighted by molar-refractivity contribution is -0.384. The van der Waals surface area contributed by atoms with Crippen LogP contribution in [0.5, 0.6) is 0 Å². The molecule has 0 aliphatic carbocycles. The van der Waals surface area contributed by atoms with Crippen LogP contribution >= 0.6 is 11.3 Å². The topological polar surface area (TPSA) is 88.4 Å². The Kier molecular flexibility index (Phi) is 4.75. The first-order valence-electron chi connectivity index (χ1n) is 7.79. The van der Waals surface area contributed by atoms with Crippen LogP contribution in [0.1, 0.15) is 30.1 Å². The number of piperidine rings is 1. The minimum atomic E-state index is -0.422. The highest BCUT2D eigenvalue weighted by molar-refractivity contribution is 7.13. The second kappa shape index (κ2) is 6.96. The molecule has 0 bridgehead atoms. The molecule has 1 fully saturated rings. The van der Waals surface area contributed by atoms with Gasteiger partial charge in [0.05, 0.1) is 4.92 Å². The van der Waals surface area contributed by atoms with Gasteiger partial charge in [0.2, 0.25) is 0 Å². The third kappa shape index (κ3) is 3.53. The smallest absolute Gasteiger partial charge is 0.293 e. The summed E-state index contributed by atoms with van der Waals surface area (Å²) in [6, 6.07) is 4.65. The summed E-state index contributed by atoms with van der Waals surface area (Å²) in [6.07, 6.45) is 3.74. The third-order valence-corrected chi connectivity index (χ3v) is 4.77. The fraction of sp³-hybridized carbons (Fsp3) is 0.375. The van der Waals surface area contributed by atoms with Gasteiger partial charge in [-0.25, -0.2) is 4.98 Å². The first-order valence-corrected chi connectivity index (χ1v) is 8.67. The van der Waals surface area contributed by atoms with Gasteiger partial charge in [-0.3, -0.25) is 20.2 Å². The van der Waals surface area contributed by atoms with E-state index in [-0.39, 0.29) is 11.3 Å². The van der Waals surface area contributed by atoms with Gasteiger partial charge in [-0.05, 0) is 30.9 Å². The van der Waals surface area contributed by atoms with Crippen LogP contribution in [0.3, 0.4) is 0 Å². The Hall–Kier alpha value is -2.48. The van der Waals surface area contributed by atoms with Crippen LogP contribution in [0, 0.1) is 16.0 Å². The summed E-state index contributed by atoms with van der Waals surface area (Å²) >= 11 is 1.30. The van der Waals surface area contributed by atoms with E-state index < -0.39 is 10.8 Å². The number of nitrogens with one attached hydrogen (secondary N) is 1. The number of rotatable bonds is 4. The summed E-state index contributed by atoms with van der Waals surface area (Å²) in [5.41, 5.74) is 0.805. The number of hydrogen-bond acceptors (Lipinski definition) is 6. The summed E-state index contributed by atoms with van der Waals surface area (Å²) in [4.78, 5) is 29.3. The molecule has 2 aromatic rings. The number of anilines is 2. The van der Waals surface area contributed by atoms with Crippen molar-refractivity contribution in [3.8, 4) is 0 Å². The third-order valence-electron chi connectivity index (χ3n) is 4.08. The maximum atomic E-state index is 12.2. The van der Waals surface area contributed by atoms with Gasteiger partial charge in [0.1, 0.15) is 5.69 Å². The summed E-state index contributed by atoms with van der Waals surface area (Å²) in [6.45, 7) is 3.75. The Morgan fingerprint density at radius 2 is 2.33 bits per heavy atom. The van der Waals surface area contributed by atoms with Crippen LogP contribution in [0.2, 0.25) is 0 Å². The Morgan fingerprint density at radius 1 is 1.50 bits per heavy atom. The van der Waals surface area contributed by atoms with Crippen molar-refractivity contribution in [1.29, 1.82) is 0 Å². The van der Waals surface area contributed by atoms with E-state index in [0.29, 0.717) is 16.7 Å². The average Bonchev–Trinajstić information content (AvgIpc) is 3.07. The largest absolute Gasteiger partial charge is 0.366 e. The highest BCUT2D eigenvalue weighted by atomic mass is 32.1. The maximum absolute atomic E-state index is 12.2. The minimum Gasteiger partial charge on any atom is -0.366 e. The van der Waals surface area contributed by atoms with Gasteiger partial charge in [-0.1, -0.05) is 6.92 Å². The second-order valence-corrected chi connectivity index (χ2v) is 6.84. The fourth-order valence-corrected chi connectivity index (χ4v) is 3.46. The van der Waals surface area contributed by atoms with E-state index >= 15 is 0 Å². The van der Waals surface area contributed by atoms with E-state index in [1.807, 2.05) is 4.90 Å². The molecule has 1 aromatic carbocycles. The number of carbonyl (C=O) groups is 1. The number of amides is 1. The first kappa shape index (κ1) is 16.4. The Bertz CT molecular complexity index is 748. The minimum absolute atomic E-state index is 0.0316. The fourth-order valence-electron chi connectivity index (χ4n) is 2.94. The number of carbonyl (C=O) groups excluding carboxylic acids is 1. The number of nitrogens with zero attached hydrogens (tertiary/aromatic N) is 3. The summed E-state index contributed by atoms with van der Waals surface area (Å²) in [5.74, 6) is 0.109. The predicted molar refractivity (Wildman–Crippen MR) is 93.8 cm³/mol. The lowest BCUT2D eigenvalue weighted by Gasteiger charge is -2.32. The van der Waals surface area contributed by atoms with Crippen LogP contribution in [0.15, 0.2) is 29.8 Å². The second-order valence-electron chi connectivity index (χ2n) is 5.95. The molecule has 1 aliphatic heterocycles. The van der Waals surface area contributed by atoms with Gasteiger partial charge in [0.15, 0.2) is 5.13 Å². The van der Waals surface area contributed by atoms with Crippen molar-refractivity contribution in [2.45, 2.75) is 19.8 Å². The highest BCUT2D eigenvalue weighted by Gasteiger charge is 2.25. The van der Waals surface area contributed by atoms with E-state index in [1.54, 1.807) is 23.7 Å². The van der Waals surface area contributed by atoms with Gasteiger partial charge < -0.3 is 4.90 Å². The molecule has 24 heavy (non-hydrogen) atoms. The molecule has 1 unspecified atom stereocenters. The van der Waals surface area contributed by atoms with Crippen LogP contribution in [-0.2, 0) is 0 Å². The lowest BCUT2D eigenvalue weighted by Crippen LogP contribution is -2.34. The molecule has 0 spiro atoms. The van der Waals surface area contributed by atoms with E-state index in [9.17, 15) is 14.9 Å². The van der Waals surface area contributed by atoms with Crippen LogP contribution in [-0.4, -0.2) is 28.9 Å². The molecule has 0 radical (unpaired) electrons. The molecule has 0 saturated carbocycles. The van der Waals surface area contributed by atoms with Gasteiger partial charge in [0, 0.05) is 36.3 Å². The van der Waals surface area contributed by atoms with Crippen LogP contribution in [0.25, 0.3) is 0 Å². The van der Waals surface area contributed by atoms with E-state index in [1.165, 1.54) is 17.4 Å². The summed E-state index contributed by atoms with van der Waals surface area (Å²) in [7, 11) is 0. The molecule has 1 N–H and O–H groups in total. The standard InChI is InChI=1S/C16H18N4O3S/c1-11-3-2-7-19(10-11)13-5-4-12(9-14(13)20(22)23)15(21)18-16-17-6-8-24-16/h4-6,8-9,11H,2-3,7,10H2,1H3,(H,17,18,21). The van der Waals surface area contributed by atoms with Crippen molar-refractivity contribution < 1.29 is 9.72 Å². The Morgan fingerprint density at radius 3 is 3.00 bits per heavy atom. The zero-order valence-corrected chi connectivity index (χ0v) is 14.1. The van der Waals surface area contributed by atoms with Crippen molar-refractivity contribution in [3.05, 3.63) is 45.5 Å². The molecular weight excluding hydrogens is 328 g/mol. The normalized spacial score (nSPS) is 17.5. The van der Waals surface area contributed by atoms with Crippen LogP contribution < -0.4 is 10.2 Å². The molecule has 1 saturated heterocycles. The zero-order chi connectivity index (χ0) is 17.1. The quantitative estimate of drug-likeness (QED) is 0.676. The highest BCUT2D eigenvalue weighted by Crippen LogP contribution is 2.32. The van der Waals surface area contributed by atoms with Crippen molar-refractivity contribution in [2.24, 2.45) is 5.92 Å². The van der Waals surface area contributed by atoms with Crippen molar-refractivity contribution in [2.75, 3.05) is 23.3 Å². The molecule has 1 aromatic heterocycles. The monoisotopic (exact) mass is 346 g/mol. The molecule has 3 rings (SSSR count). The molecule has 1 amide bonds. The molecule has 1 atom stereocenters. The van der Waals surface area contributed by atoms with Gasteiger partial charge in [0.25, 0.3) is 11.6 Å². The van der Waals surface area contributed by atoms with Crippen molar-refractivity contribution in [3.63, 3.8) is 0 Å². The molecule has 126 valence electrons. The number of thiazole rings is 1. The van der Waals surface area contributed by atoms with E-state index in [0.717, 1.165) is 25.9 Å². The number of nitro benzene ring substituents is 1. The van der Waals surface area contributed by atoms with Crippen LogP contribution in [0.4, 0.5) is 16.5 Å². The number of aromatic nitrogens is 1. The first-order chi connectivity index (χ1) is 11.5. The lowest BCUT2D eigenvalue weighted by atomic mass is 9.99. The molecule has 8 heteroatoms. The van der Waals surface area contributed by atoms with E-state index in [2.05, 4.69) is 17.2 Å². The van der Waals surface area contributed by atoms with E-state index in [4.69, 9.17) is 0 Å². The van der Waals surface area contributed by atoms with Gasteiger partial charge in [-0.15, -0.1) is 11.3 Å². The SMILES string of the molecule is CC1CCCN(c2ccc(C(=O)Nc3nccs3)cc2[N+](=O)[O-])C1.